The molecular formula is C22H21NO2. The molecule has 0 aromatic heterocycles. The second-order valence-corrected chi connectivity index (χ2v) is 6.73. The number of anilines is 2. The molecule has 0 heterocycles. The molecule has 0 amide bonds. The zero-order valence-electron chi connectivity index (χ0n) is 14.4. The Bertz CT molecular complexity index is 1010. The van der Waals surface area contributed by atoms with Gasteiger partial charge in [0.2, 0.25) is 5.43 Å². The van der Waals surface area contributed by atoms with Gasteiger partial charge >= 0.3 is 0 Å². The standard InChI is InChI=1S/C22H21NO2/c1-2-14-7-5-6-10-18(14)23-20-19(21(24)22(20)25)17-12-11-15-8-3-4-9-16(15)13-17/h5-7,10-13,23H,2-4,8-9H2,1H3. The number of hydrogen-bond donors (Lipinski definition) is 1. The highest BCUT2D eigenvalue weighted by atomic mass is 16.2. The number of nitrogens with one attached hydrogen (secondary N) is 1. The molecule has 0 bridgehead atoms. The van der Waals surface area contributed by atoms with Crippen LogP contribution in [0.1, 0.15) is 36.5 Å². The van der Waals surface area contributed by atoms with Crippen molar-refractivity contribution in [3.8, 4) is 11.1 Å². The molecule has 0 radical (unpaired) electrons. The minimum Gasteiger partial charge on any atom is -0.351 e. The van der Waals surface area contributed by atoms with E-state index in [4.69, 9.17) is 0 Å². The van der Waals surface area contributed by atoms with Crippen molar-refractivity contribution in [1.82, 2.24) is 0 Å². The molecule has 3 heteroatoms. The first kappa shape index (κ1) is 15.8. The summed E-state index contributed by atoms with van der Waals surface area (Å²) >= 11 is 0. The lowest BCUT2D eigenvalue weighted by atomic mass is 9.88. The van der Waals surface area contributed by atoms with Gasteiger partial charge in [-0.05, 0) is 60.4 Å². The van der Waals surface area contributed by atoms with Gasteiger partial charge in [0.25, 0.3) is 5.43 Å². The molecule has 126 valence electrons. The number of hydrogen-bond acceptors (Lipinski definition) is 3. The SMILES string of the molecule is CCc1ccccc1Nc1c(-c2ccc3c(c2)CCCC3)c(=O)c1=O. The first-order valence-corrected chi connectivity index (χ1v) is 8.99. The Morgan fingerprint density at radius 1 is 0.920 bits per heavy atom. The van der Waals surface area contributed by atoms with Crippen LogP contribution in [0.3, 0.4) is 0 Å². The molecular weight excluding hydrogens is 310 g/mol. The number of para-hydroxylation sites is 1. The minimum atomic E-state index is -0.418. The lowest BCUT2D eigenvalue weighted by Crippen LogP contribution is -2.35. The zero-order valence-corrected chi connectivity index (χ0v) is 14.4. The summed E-state index contributed by atoms with van der Waals surface area (Å²) in [6, 6.07) is 14.1. The van der Waals surface area contributed by atoms with Gasteiger partial charge in [-0.25, -0.2) is 0 Å². The quantitative estimate of drug-likeness (QED) is 0.731. The summed E-state index contributed by atoms with van der Waals surface area (Å²) in [4.78, 5) is 24.4. The Kier molecular flexibility index (Phi) is 4.00. The minimum absolute atomic E-state index is 0.382. The fraction of sp³-hybridized carbons (Fsp3) is 0.273. The van der Waals surface area contributed by atoms with Crippen LogP contribution in [0.25, 0.3) is 11.1 Å². The van der Waals surface area contributed by atoms with Crippen molar-refractivity contribution >= 4 is 11.4 Å². The Hall–Kier alpha value is -2.68. The van der Waals surface area contributed by atoms with E-state index >= 15 is 0 Å². The third-order valence-electron chi connectivity index (χ3n) is 5.21. The highest BCUT2D eigenvalue weighted by Crippen LogP contribution is 2.31. The predicted octanol–water partition coefficient (Wildman–Crippen LogP) is 4.13. The van der Waals surface area contributed by atoms with Crippen LogP contribution in [0.4, 0.5) is 11.4 Å². The molecule has 1 aliphatic carbocycles. The average Bonchev–Trinajstić information content (AvgIpc) is 2.67. The summed E-state index contributed by atoms with van der Waals surface area (Å²) < 4.78 is 0. The van der Waals surface area contributed by atoms with Gasteiger partial charge in [0.1, 0.15) is 5.69 Å². The molecule has 4 rings (SSSR count). The van der Waals surface area contributed by atoms with Gasteiger partial charge in [-0.2, -0.15) is 0 Å². The van der Waals surface area contributed by atoms with E-state index in [2.05, 4.69) is 24.4 Å². The van der Waals surface area contributed by atoms with Crippen LogP contribution in [0, 0.1) is 0 Å². The fourth-order valence-electron chi connectivity index (χ4n) is 3.76. The third kappa shape index (κ3) is 2.70. The molecule has 0 spiro atoms. The van der Waals surface area contributed by atoms with E-state index in [0.29, 0.717) is 11.3 Å². The van der Waals surface area contributed by atoms with Gasteiger partial charge in [0.15, 0.2) is 0 Å². The van der Waals surface area contributed by atoms with Gasteiger partial charge in [-0.1, -0.05) is 43.3 Å². The number of benzene rings is 2. The van der Waals surface area contributed by atoms with Gasteiger partial charge in [-0.3, -0.25) is 9.59 Å². The molecule has 3 nitrogen and oxygen atoms in total. The average molecular weight is 331 g/mol. The van der Waals surface area contributed by atoms with Crippen LogP contribution in [0.2, 0.25) is 0 Å². The lowest BCUT2D eigenvalue weighted by molar-refractivity contribution is 0.686. The molecule has 3 aromatic rings. The molecule has 0 unspecified atom stereocenters. The van der Waals surface area contributed by atoms with E-state index in [9.17, 15) is 9.59 Å². The maximum Gasteiger partial charge on any atom is 0.250 e. The van der Waals surface area contributed by atoms with Crippen molar-refractivity contribution in [3.05, 3.63) is 79.6 Å². The van der Waals surface area contributed by atoms with Crippen molar-refractivity contribution < 1.29 is 0 Å². The van der Waals surface area contributed by atoms with E-state index in [1.54, 1.807) is 0 Å². The van der Waals surface area contributed by atoms with Crippen molar-refractivity contribution in [2.75, 3.05) is 5.32 Å². The molecule has 1 aliphatic rings. The molecule has 0 aliphatic heterocycles. The van der Waals surface area contributed by atoms with E-state index < -0.39 is 5.43 Å². The van der Waals surface area contributed by atoms with Gasteiger partial charge in [0, 0.05) is 5.69 Å². The number of fused-ring (bicyclic) bond motifs is 1. The summed E-state index contributed by atoms with van der Waals surface area (Å²) in [6.45, 7) is 2.08. The summed E-state index contributed by atoms with van der Waals surface area (Å²) in [5.74, 6) is 0. The van der Waals surface area contributed by atoms with Crippen LogP contribution >= 0.6 is 0 Å². The van der Waals surface area contributed by atoms with Gasteiger partial charge in [0.05, 0.1) is 5.56 Å². The summed E-state index contributed by atoms with van der Waals surface area (Å²) in [5, 5.41) is 3.22. The van der Waals surface area contributed by atoms with Crippen molar-refractivity contribution in [1.29, 1.82) is 0 Å². The van der Waals surface area contributed by atoms with Gasteiger partial charge < -0.3 is 5.32 Å². The van der Waals surface area contributed by atoms with E-state index in [-0.39, 0.29) is 5.43 Å². The zero-order chi connectivity index (χ0) is 17.4. The third-order valence-corrected chi connectivity index (χ3v) is 5.21. The number of rotatable bonds is 4. The molecule has 0 saturated heterocycles. The summed E-state index contributed by atoms with van der Waals surface area (Å²) in [7, 11) is 0. The highest BCUT2D eigenvalue weighted by Gasteiger charge is 2.24. The second-order valence-electron chi connectivity index (χ2n) is 6.73. The molecule has 3 aromatic carbocycles. The predicted molar refractivity (Wildman–Crippen MR) is 103 cm³/mol. The topological polar surface area (TPSA) is 46.2 Å². The Morgan fingerprint density at radius 3 is 2.48 bits per heavy atom. The Labute approximate surface area is 147 Å². The van der Waals surface area contributed by atoms with E-state index in [0.717, 1.165) is 36.1 Å². The molecule has 1 N–H and O–H groups in total. The highest BCUT2D eigenvalue weighted by molar-refractivity contribution is 5.85. The largest absolute Gasteiger partial charge is 0.351 e. The van der Waals surface area contributed by atoms with Gasteiger partial charge in [-0.15, -0.1) is 0 Å². The monoisotopic (exact) mass is 331 g/mol. The van der Waals surface area contributed by atoms with Crippen LogP contribution in [0.15, 0.2) is 52.1 Å². The second kappa shape index (κ2) is 6.32. The Morgan fingerprint density at radius 2 is 1.68 bits per heavy atom. The first-order valence-electron chi connectivity index (χ1n) is 8.99. The fourth-order valence-corrected chi connectivity index (χ4v) is 3.76. The summed E-state index contributed by atoms with van der Waals surface area (Å²) in [5.41, 5.74) is 5.75. The van der Waals surface area contributed by atoms with Crippen molar-refractivity contribution in [3.63, 3.8) is 0 Å². The van der Waals surface area contributed by atoms with Crippen LogP contribution in [-0.4, -0.2) is 0 Å². The molecule has 25 heavy (non-hydrogen) atoms. The van der Waals surface area contributed by atoms with Crippen molar-refractivity contribution in [2.24, 2.45) is 0 Å². The van der Waals surface area contributed by atoms with Crippen LogP contribution < -0.4 is 16.2 Å². The first-order chi connectivity index (χ1) is 12.2. The van der Waals surface area contributed by atoms with E-state index in [1.807, 2.05) is 30.3 Å². The van der Waals surface area contributed by atoms with Crippen LogP contribution in [0.5, 0.6) is 0 Å². The molecule has 0 saturated carbocycles. The summed E-state index contributed by atoms with van der Waals surface area (Å²) in [6.07, 6.45) is 5.45. The smallest absolute Gasteiger partial charge is 0.250 e. The van der Waals surface area contributed by atoms with Crippen molar-refractivity contribution in [2.45, 2.75) is 39.0 Å². The molecule has 0 fully saturated rings. The normalized spacial score (nSPS) is 13.6. The molecule has 0 atom stereocenters. The maximum absolute atomic E-state index is 12.2. The lowest BCUT2D eigenvalue weighted by Gasteiger charge is -2.19. The Balaban J connectivity index is 1.74. The maximum atomic E-state index is 12.2. The van der Waals surface area contributed by atoms with Crippen LogP contribution in [-0.2, 0) is 19.3 Å². The number of aryl methyl sites for hydroxylation is 3. The van der Waals surface area contributed by atoms with E-state index in [1.165, 1.54) is 24.0 Å².